The van der Waals surface area contributed by atoms with Crippen molar-refractivity contribution in [2.45, 2.75) is 11.8 Å². The summed E-state index contributed by atoms with van der Waals surface area (Å²) in [5.41, 5.74) is 2.12. The van der Waals surface area contributed by atoms with Crippen molar-refractivity contribution < 1.29 is 9.47 Å². The van der Waals surface area contributed by atoms with E-state index in [0.29, 0.717) is 0 Å². The highest BCUT2D eigenvalue weighted by Gasteiger charge is 2.20. The zero-order valence-corrected chi connectivity index (χ0v) is 9.60. The average Bonchev–Trinajstić information content (AvgIpc) is 2.28. The van der Waals surface area contributed by atoms with Crippen LogP contribution in [0.15, 0.2) is 12.1 Å². The van der Waals surface area contributed by atoms with Crippen molar-refractivity contribution in [3.05, 3.63) is 17.7 Å². The number of hydrogen-bond donors (Lipinski definition) is 1. The zero-order chi connectivity index (χ0) is 10.8. The molecule has 0 spiro atoms. The van der Waals surface area contributed by atoms with Gasteiger partial charge >= 0.3 is 0 Å². The molecule has 0 unspecified atom stereocenters. The smallest absolute Gasteiger partial charge is 0.162 e. The molecule has 1 aromatic carbocycles. The molecule has 0 amide bonds. The number of halogens is 1. The van der Waals surface area contributed by atoms with Gasteiger partial charge in [-0.15, -0.1) is 11.6 Å². The van der Waals surface area contributed by atoms with Crippen molar-refractivity contribution in [2.24, 2.45) is 0 Å². The number of alkyl halides is 1. The number of fused-ring (bicyclic) bond motifs is 1. The van der Waals surface area contributed by atoms with Crippen LogP contribution in [0.4, 0.5) is 5.69 Å². The Bertz CT molecular complexity index is 368. The summed E-state index contributed by atoms with van der Waals surface area (Å²) in [6.45, 7) is 0.899. The Kier molecular flexibility index (Phi) is 2.91. The number of ether oxygens (including phenoxy) is 2. The van der Waals surface area contributed by atoms with Crippen LogP contribution < -0.4 is 14.8 Å². The van der Waals surface area contributed by atoms with Crippen LogP contribution in [0.25, 0.3) is 0 Å². The molecule has 0 aromatic heterocycles. The molecule has 1 heterocycles. The SMILES string of the molecule is COc1cc2c(cc1OC)[C@@H](Cl)CCN2. The van der Waals surface area contributed by atoms with Gasteiger partial charge in [-0.25, -0.2) is 0 Å². The van der Waals surface area contributed by atoms with Crippen LogP contribution in [-0.4, -0.2) is 20.8 Å². The molecule has 1 atom stereocenters. The van der Waals surface area contributed by atoms with Crippen LogP contribution >= 0.6 is 11.6 Å². The Balaban J connectivity index is 2.48. The monoisotopic (exact) mass is 227 g/mol. The van der Waals surface area contributed by atoms with Gasteiger partial charge in [0.1, 0.15) is 0 Å². The predicted molar refractivity (Wildman–Crippen MR) is 61.2 cm³/mol. The van der Waals surface area contributed by atoms with E-state index < -0.39 is 0 Å². The maximum atomic E-state index is 6.24. The van der Waals surface area contributed by atoms with E-state index >= 15 is 0 Å². The summed E-state index contributed by atoms with van der Waals surface area (Å²) in [5.74, 6) is 1.46. The number of methoxy groups -OCH3 is 2. The number of nitrogens with one attached hydrogen (secondary N) is 1. The second kappa shape index (κ2) is 4.19. The molecule has 15 heavy (non-hydrogen) atoms. The molecule has 4 heteroatoms. The van der Waals surface area contributed by atoms with Crippen LogP contribution in [0.3, 0.4) is 0 Å². The van der Waals surface area contributed by atoms with E-state index in [-0.39, 0.29) is 5.38 Å². The van der Waals surface area contributed by atoms with Crippen LogP contribution in [0.5, 0.6) is 11.5 Å². The van der Waals surface area contributed by atoms with Crippen molar-refractivity contribution in [2.75, 3.05) is 26.1 Å². The van der Waals surface area contributed by atoms with Crippen molar-refractivity contribution in [1.29, 1.82) is 0 Å². The molecular weight excluding hydrogens is 214 g/mol. The quantitative estimate of drug-likeness (QED) is 0.789. The third kappa shape index (κ3) is 1.84. The number of hydrogen-bond acceptors (Lipinski definition) is 3. The fourth-order valence-electron chi connectivity index (χ4n) is 1.80. The molecule has 2 rings (SSSR count). The Morgan fingerprint density at radius 1 is 1.27 bits per heavy atom. The third-order valence-electron chi connectivity index (χ3n) is 2.61. The highest BCUT2D eigenvalue weighted by molar-refractivity contribution is 6.21. The normalized spacial score (nSPS) is 19.0. The van der Waals surface area contributed by atoms with E-state index in [1.807, 2.05) is 12.1 Å². The van der Waals surface area contributed by atoms with Crippen molar-refractivity contribution in [1.82, 2.24) is 0 Å². The largest absolute Gasteiger partial charge is 0.493 e. The average molecular weight is 228 g/mol. The summed E-state index contributed by atoms with van der Waals surface area (Å²) in [6.07, 6.45) is 0.935. The Morgan fingerprint density at radius 2 is 1.93 bits per heavy atom. The first-order valence-corrected chi connectivity index (χ1v) is 5.33. The van der Waals surface area contributed by atoms with E-state index in [2.05, 4.69) is 5.32 Å². The predicted octanol–water partition coefficient (Wildman–Crippen LogP) is 2.80. The molecule has 0 fully saturated rings. The maximum Gasteiger partial charge on any atom is 0.162 e. The second-order valence-corrected chi connectivity index (χ2v) is 4.00. The van der Waals surface area contributed by atoms with E-state index in [1.54, 1.807) is 14.2 Å². The fraction of sp³-hybridized carbons (Fsp3) is 0.455. The Morgan fingerprint density at radius 3 is 2.60 bits per heavy atom. The Labute approximate surface area is 94.3 Å². The summed E-state index contributed by atoms with van der Waals surface area (Å²) in [6, 6.07) is 3.88. The van der Waals surface area contributed by atoms with Gasteiger partial charge in [-0.1, -0.05) is 0 Å². The third-order valence-corrected chi connectivity index (χ3v) is 3.06. The summed E-state index contributed by atoms with van der Waals surface area (Å²) in [5, 5.41) is 3.36. The van der Waals surface area contributed by atoms with Gasteiger partial charge in [0, 0.05) is 18.3 Å². The minimum Gasteiger partial charge on any atom is -0.493 e. The van der Waals surface area contributed by atoms with Gasteiger partial charge in [0.2, 0.25) is 0 Å². The lowest BCUT2D eigenvalue weighted by Gasteiger charge is -2.24. The lowest BCUT2D eigenvalue weighted by molar-refractivity contribution is 0.354. The lowest BCUT2D eigenvalue weighted by Crippen LogP contribution is -2.14. The van der Waals surface area contributed by atoms with Gasteiger partial charge in [-0.05, 0) is 18.1 Å². The Hall–Kier alpha value is -1.09. The van der Waals surface area contributed by atoms with Crippen LogP contribution in [0.2, 0.25) is 0 Å². The standard InChI is InChI=1S/C11H14ClNO2/c1-14-10-5-7-8(12)3-4-13-9(7)6-11(10)15-2/h5-6,8,13H,3-4H2,1-2H3/t8-/m0/s1. The van der Waals surface area contributed by atoms with Gasteiger partial charge in [0.05, 0.1) is 19.6 Å². The molecule has 1 aliphatic rings. The first kappa shape index (κ1) is 10.4. The highest BCUT2D eigenvalue weighted by Crippen LogP contribution is 2.41. The molecule has 3 nitrogen and oxygen atoms in total. The summed E-state index contributed by atoms with van der Waals surface area (Å²) >= 11 is 6.24. The summed E-state index contributed by atoms with van der Waals surface area (Å²) < 4.78 is 10.5. The number of rotatable bonds is 2. The molecule has 82 valence electrons. The summed E-state index contributed by atoms with van der Waals surface area (Å²) in [7, 11) is 3.26. The van der Waals surface area contributed by atoms with E-state index in [0.717, 1.165) is 35.7 Å². The molecule has 1 aliphatic heterocycles. The zero-order valence-electron chi connectivity index (χ0n) is 8.84. The molecule has 1 aromatic rings. The topological polar surface area (TPSA) is 30.5 Å². The van der Waals surface area contributed by atoms with Gasteiger partial charge in [0.15, 0.2) is 11.5 Å². The van der Waals surface area contributed by atoms with E-state index in [1.165, 1.54) is 0 Å². The second-order valence-electron chi connectivity index (χ2n) is 3.48. The van der Waals surface area contributed by atoms with Crippen LogP contribution in [-0.2, 0) is 0 Å². The fourth-order valence-corrected chi connectivity index (χ4v) is 2.09. The van der Waals surface area contributed by atoms with E-state index in [4.69, 9.17) is 21.1 Å². The molecule has 0 saturated carbocycles. The molecule has 0 aliphatic carbocycles. The van der Waals surface area contributed by atoms with Gasteiger partial charge in [0.25, 0.3) is 0 Å². The van der Waals surface area contributed by atoms with Crippen molar-refractivity contribution in [3.63, 3.8) is 0 Å². The van der Waals surface area contributed by atoms with Gasteiger partial charge in [-0.3, -0.25) is 0 Å². The van der Waals surface area contributed by atoms with Crippen molar-refractivity contribution >= 4 is 17.3 Å². The molecule has 0 bridgehead atoms. The molecule has 1 N–H and O–H groups in total. The van der Waals surface area contributed by atoms with Crippen LogP contribution in [0.1, 0.15) is 17.4 Å². The maximum absolute atomic E-state index is 6.24. The van der Waals surface area contributed by atoms with E-state index in [9.17, 15) is 0 Å². The minimum atomic E-state index is 0.0565. The molecule has 0 saturated heterocycles. The van der Waals surface area contributed by atoms with Crippen LogP contribution in [0, 0.1) is 0 Å². The summed E-state index contributed by atoms with van der Waals surface area (Å²) in [4.78, 5) is 0. The minimum absolute atomic E-state index is 0.0565. The highest BCUT2D eigenvalue weighted by atomic mass is 35.5. The van der Waals surface area contributed by atoms with Gasteiger partial charge < -0.3 is 14.8 Å². The van der Waals surface area contributed by atoms with Crippen molar-refractivity contribution in [3.8, 4) is 11.5 Å². The first-order chi connectivity index (χ1) is 7.26. The number of anilines is 1. The lowest BCUT2D eigenvalue weighted by atomic mass is 10.0. The molecular formula is C11H14ClNO2. The van der Waals surface area contributed by atoms with Gasteiger partial charge in [-0.2, -0.15) is 0 Å². The molecule has 0 radical (unpaired) electrons. The first-order valence-electron chi connectivity index (χ1n) is 4.90. The number of benzene rings is 1.